The highest BCUT2D eigenvalue weighted by atomic mass is 79.9. The van der Waals surface area contributed by atoms with Crippen LogP contribution in [-0.4, -0.2) is 17.3 Å². The quantitative estimate of drug-likeness (QED) is 0.901. The molecule has 4 heteroatoms. The van der Waals surface area contributed by atoms with Crippen LogP contribution in [0.15, 0.2) is 22.7 Å². The summed E-state index contributed by atoms with van der Waals surface area (Å²) in [6.45, 7) is 0.512. The lowest BCUT2D eigenvalue weighted by molar-refractivity contribution is 0.0615. The fourth-order valence-electron chi connectivity index (χ4n) is 2.23. The Bertz CT molecular complexity index is 447. The van der Waals surface area contributed by atoms with Gasteiger partial charge in [-0.2, -0.15) is 5.26 Å². The maximum atomic E-state index is 10.2. The van der Waals surface area contributed by atoms with Crippen LogP contribution in [-0.2, 0) is 0 Å². The molecule has 3 nitrogen and oxygen atoms in total. The van der Waals surface area contributed by atoms with Gasteiger partial charge < -0.3 is 10.4 Å². The highest BCUT2D eigenvalue weighted by Crippen LogP contribution is 2.30. The van der Waals surface area contributed by atoms with Crippen molar-refractivity contribution in [2.24, 2.45) is 0 Å². The van der Waals surface area contributed by atoms with Crippen molar-refractivity contribution in [1.29, 1.82) is 5.26 Å². The Labute approximate surface area is 110 Å². The molecule has 0 bridgehead atoms. The molecule has 1 aromatic rings. The molecule has 17 heavy (non-hydrogen) atoms. The van der Waals surface area contributed by atoms with Crippen LogP contribution in [0, 0.1) is 11.3 Å². The second kappa shape index (κ2) is 5.07. The average Bonchev–Trinajstić information content (AvgIpc) is 2.74. The maximum Gasteiger partial charge on any atom is 0.101 e. The predicted octanol–water partition coefficient (Wildman–Crippen LogP) is 3.04. The molecule has 0 spiro atoms. The van der Waals surface area contributed by atoms with E-state index in [-0.39, 0.29) is 0 Å². The molecular formula is C13H15BrN2O. The largest absolute Gasteiger partial charge is 0.388 e. The van der Waals surface area contributed by atoms with E-state index in [4.69, 9.17) is 5.26 Å². The lowest BCUT2D eigenvalue weighted by Crippen LogP contribution is -2.33. The van der Waals surface area contributed by atoms with E-state index in [1.54, 1.807) is 6.07 Å². The van der Waals surface area contributed by atoms with Crippen molar-refractivity contribution in [3.05, 3.63) is 28.2 Å². The van der Waals surface area contributed by atoms with Gasteiger partial charge in [-0.05, 0) is 31.0 Å². The van der Waals surface area contributed by atoms with E-state index in [9.17, 15) is 5.11 Å². The van der Waals surface area contributed by atoms with Crippen LogP contribution in [0.5, 0.6) is 0 Å². The van der Waals surface area contributed by atoms with E-state index in [0.29, 0.717) is 12.1 Å². The normalized spacial score (nSPS) is 17.7. The molecule has 0 radical (unpaired) electrons. The summed E-state index contributed by atoms with van der Waals surface area (Å²) in [6.07, 6.45) is 3.86. The van der Waals surface area contributed by atoms with E-state index in [2.05, 4.69) is 27.3 Å². The number of nitrogens with one attached hydrogen (secondary N) is 1. The number of halogens is 1. The van der Waals surface area contributed by atoms with Crippen molar-refractivity contribution >= 4 is 21.6 Å². The minimum Gasteiger partial charge on any atom is -0.388 e. The highest BCUT2D eigenvalue weighted by Gasteiger charge is 2.30. The summed E-state index contributed by atoms with van der Waals surface area (Å²) in [5.74, 6) is 0. The summed E-state index contributed by atoms with van der Waals surface area (Å²) in [4.78, 5) is 0. The minimum absolute atomic E-state index is 0.512. The van der Waals surface area contributed by atoms with E-state index >= 15 is 0 Å². The van der Waals surface area contributed by atoms with Gasteiger partial charge in [-0.15, -0.1) is 0 Å². The van der Waals surface area contributed by atoms with Crippen LogP contribution in [0.2, 0.25) is 0 Å². The van der Waals surface area contributed by atoms with Gasteiger partial charge in [-0.3, -0.25) is 0 Å². The van der Waals surface area contributed by atoms with Crippen molar-refractivity contribution < 1.29 is 5.11 Å². The molecule has 1 aliphatic rings. The smallest absolute Gasteiger partial charge is 0.101 e. The summed E-state index contributed by atoms with van der Waals surface area (Å²) >= 11 is 3.38. The predicted molar refractivity (Wildman–Crippen MR) is 70.8 cm³/mol. The molecule has 0 aliphatic heterocycles. The van der Waals surface area contributed by atoms with Gasteiger partial charge in [-0.1, -0.05) is 28.8 Å². The third kappa shape index (κ3) is 2.99. The van der Waals surface area contributed by atoms with Crippen molar-refractivity contribution in [2.75, 3.05) is 11.9 Å². The zero-order chi connectivity index (χ0) is 12.3. The van der Waals surface area contributed by atoms with Crippen molar-refractivity contribution in [3.63, 3.8) is 0 Å². The summed E-state index contributed by atoms with van der Waals surface area (Å²) in [6, 6.07) is 7.63. The Morgan fingerprint density at radius 2 is 2.12 bits per heavy atom. The molecule has 1 aromatic carbocycles. The lowest BCUT2D eigenvalue weighted by Gasteiger charge is -2.23. The molecule has 1 aliphatic carbocycles. The second-order valence-corrected chi connectivity index (χ2v) is 5.50. The van der Waals surface area contributed by atoms with Gasteiger partial charge in [0.15, 0.2) is 0 Å². The van der Waals surface area contributed by atoms with Gasteiger partial charge >= 0.3 is 0 Å². The molecule has 0 heterocycles. The van der Waals surface area contributed by atoms with Gasteiger partial charge in [-0.25, -0.2) is 0 Å². The summed E-state index contributed by atoms with van der Waals surface area (Å²) in [5, 5.41) is 22.4. The third-order valence-corrected chi connectivity index (χ3v) is 3.74. The molecule has 0 atom stereocenters. The standard InChI is InChI=1S/C13H15BrN2O/c14-11-4-3-10(8-15)12(7-11)16-9-13(17)5-1-2-6-13/h3-4,7,16-17H,1-2,5-6,9H2. The first-order valence-electron chi connectivity index (χ1n) is 5.79. The van der Waals surface area contributed by atoms with Crippen LogP contribution < -0.4 is 5.32 Å². The van der Waals surface area contributed by atoms with E-state index in [1.165, 1.54) is 0 Å². The summed E-state index contributed by atoms with van der Waals surface area (Å²) in [5.41, 5.74) is 0.784. The Kier molecular flexibility index (Phi) is 3.70. The van der Waals surface area contributed by atoms with Crippen molar-refractivity contribution in [2.45, 2.75) is 31.3 Å². The number of hydrogen-bond acceptors (Lipinski definition) is 3. The fourth-order valence-corrected chi connectivity index (χ4v) is 2.59. The maximum absolute atomic E-state index is 10.2. The molecule has 0 aromatic heterocycles. The molecule has 1 saturated carbocycles. The Morgan fingerprint density at radius 3 is 2.76 bits per heavy atom. The minimum atomic E-state index is -0.602. The highest BCUT2D eigenvalue weighted by molar-refractivity contribution is 9.10. The SMILES string of the molecule is N#Cc1ccc(Br)cc1NCC1(O)CCCC1. The second-order valence-electron chi connectivity index (χ2n) is 4.59. The molecule has 2 rings (SSSR count). The molecular weight excluding hydrogens is 280 g/mol. The number of aliphatic hydroxyl groups is 1. The summed E-state index contributed by atoms with van der Waals surface area (Å²) in [7, 11) is 0. The first kappa shape index (κ1) is 12.4. The van der Waals surface area contributed by atoms with Gasteiger partial charge in [0.2, 0.25) is 0 Å². The first-order chi connectivity index (χ1) is 8.13. The molecule has 0 unspecified atom stereocenters. The topological polar surface area (TPSA) is 56.0 Å². The first-order valence-corrected chi connectivity index (χ1v) is 6.58. The number of benzene rings is 1. The van der Waals surface area contributed by atoms with Gasteiger partial charge in [0, 0.05) is 11.0 Å². The average molecular weight is 295 g/mol. The Morgan fingerprint density at radius 1 is 1.41 bits per heavy atom. The number of hydrogen-bond donors (Lipinski definition) is 2. The third-order valence-electron chi connectivity index (χ3n) is 3.24. The number of nitriles is 1. The molecule has 0 saturated heterocycles. The zero-order valence-corrected chi connectivity index (χ0v) is 11.1. The van der Waals surface area contributed by atoms with Crippen LogP contribution in [0.3, 0.4) is 0 Å². The van der Waals surface area contributed by atoms with Crippen LogP contribution in [0.1, 0.15) is 31.2 Å². The van der Waals surface area contributed by atoms with Crippen LogP contribution >= 0.6 is 15.9 Å². The van der Waals surface area contributed by atoms with E-state index in [0.717, 1.165) is 35.8 Å². The van der Waals surface area contributed by atoms with Crippen LogP contribution in [0.25, 0.3) is 0 Å². The molecule has 2 N–H and O–H groups in total. The van der Waals surface area contributed by atoms with Crippen molar-refractivity contribution in [3.8, 4) is 6.07 Å². The van der Waals surface area contributed by atoms with E-state index in [1.807, 2.05) is 12.1 Å². The monoisotopic (exact) mass is 294 g/mol. The number of nitrogens with zero attached hydrogens (tertiary/aromatic N) is 1. The van der Waals surface area contributed by atoms with Crippen molar-refractivity contribution in [1.82, 2.24) is 0 Å². The molecule has 0 amide bonds. The van der Waals surface area contributed by atoms with Gasteiger partial charge in [0.05, 0.1) is 16.9 Å². The van der Waals surface area contributed by atoms with E-state index < -0.39 is 5.60 Å². The Hall–Kier alpha value is -1.05. The fraction of sp³-hybridized carbons (Fsp3) is 0.462. The molecule has 1 fully saturated rings. The Balaban J connectivity index is 2.08. The summed E-state index contributed by atoms with van der Waals surface area (Å²) < 4.78 is 0.928. The van der Waals surface area contributed by atoms with Gasteiger partial charge in [0.25, 0.3) is 0 Å². The number of anilines is 1. The van der Waals surface area contributed by atoms with Gasteiger partial charge in [0.1, 0.15) is 6.07 Å². The lowest BCUT2D eigenvalue weighted by atomic mass is 10.0. The number of rotatable bonds is 3. The molecule has 90 valence electrons. The zero-order valence-electron chi connectivity index (χ0n) is 9.54. The van der Waals surface area contributed by atoms with Crippen LogP contribution in [0.4, 0.5) is 5.69 Å².